The van der Waals surface area contributed by atoms with Gasteiger partial charge in [-0.25, -0.2) is 13.2 Å². The van der Waals surface area contributed by atoms with Crippen LogP contribution in [0.1, 0.15) is 82.5 Å². The van der Waals surface area contributed by atoms with Gasteiger partial charge in [-0.05, 0) is 76.3 Å². The number of carbonyl (C=O) groups excluding carboxylic acids is 2. The molecular formula is C35H52N4O7S. The molecule has 4 rings (SSSR count). The summed E-state index contributed by atoms with van der Waals surface area (Å²) in [5.74, 6) is -0.254. The average molecular weight is 673 g/mol. The molecule has 0 radical (unpaired) electrons. The maximum absolute atomic E-state index is 14.3. The molecule has 1 heterocycles. The van der Waals surface area contributed by atoms with Crippen LogP contribution in [-0.2, 0) is 14.8 Å². The number of aliphatic hydroxyl groups is 1. The molecular weight excluding hydrogens is 620 g/mol. The minimum absolute atomic E-state index is 0.0915. The molecule has 1 aliphatic carbocycles. The maximum atomic E-state index is 14.3. The summed E-state index contributed by atoms with van der Waals surface area (Å²) in [7, 11) is -2.22. The number of likely N-dealkylation sites (N-methyl/N-ethyl adjacent to an activating group) is 1. The average Bonchev–Trinajstić information content (AvgIpc) is 3.06. The van der Waals surface area contributed by atoms with Crippen LogP contribution in [0.5, 0.6) is 5.75 Å². The zero-order valence-corrected chi connectivity index (χ0v) is 29.0. The lowest BCUT2D eigenvalue weighted by atomic mass is 9.96. The maximum Gasteiger partial charge on any atom is 0.319 e. The number of sulfonamides is 1. The van der Waals surface area contributed by atoms with Crippen molar-refractivity contribution in [1.29, 1.82) is 0 Å². The molecule has 3 amide bonds. The first-order valence-corrected chi connectivity index (χ1v) is 18.4. The van der Waals surface area contributed by atoms with E-state index in [0.29, 0.717) is 18.0 Å². The Morgan fingerprint density at radius 1 is 1.04 bits per heavy atom. The number of amides is 3. The summed E-state index contributed by atoms with van der Waals surface area (Å²) in [4.78, 5) is 29.0. The lowest BCUT2D eigenvalue weighted by Crippen LogP contribution is -2.48. The Labute approximate surface area is 280 Å². The largest absolute Gasteiger partial charge is 0.490 e. The van der Waals surface area contributed by atoms with Crippen LogP contribution in [0.4, 0.5) is 10.5 Å². The fourth-order valence-corrected chi connectivity index (χ4v) is 7.39. The first-order valence-electron chi connectivity index (χ1n) is 16.9. The van der Waals surface area contributed by atoms with Crippen molar-refractivity contribution in [1.82, 2.24) is 14.5 Å². The van der Waals surface area contributed by atoms with Gasteiger partial charge < -0.3 is 30.1 Å². The third kappa shape index (κ3) is 10.2. The van der Waals surface area contributed by atoms with E-state index in [1.54, 1.807) is 60.4 Å². The molecule has 47 heavy (non-hydrogen) atoms. The first-order chi connectivity index (χ1) is 22.5. The Hall–Kier alpha value is -3.19. The fourth-order valence-electron chi connectivity index (χ4n) is 6.19. The second kappa shape index (κ2) is 17.3. The molecule has 0 aromatic heterocycles. The molecule has 1 aliphatic heterocycles. The Bertz CT molecular complexity index is 1420. The topological polar surface area (TPSA) is 138 Å². The number of fused-ring (bicyclic) bond motifs is 1. The molecule has 4 atom stereocenters. The highest BCUT2D eigenvalue weighted by atomic mass is 32.2. The minimum Gasteiger partial charge on any atom is -0.490 e. The summed E-state index contributed by atoms with van der Waals surface area (Å²) in [6.07, 6.45) is 6.85. The lowest BCUT2D eigenvalue weighted by molar-refractivity contribution is -0.00833. The van der Waals surface area contributed by atoms with E-state index in [0.717, 1.165) is 44.9 Å². The molecule has 0 bridgehead atoms. The van der Waals surface area contributed by atoms with Gasteiger partial charge in [0.25, 0.3) is 5.91 Å². The van der Waals surface area contributed by atoms with Gasteiger partial charge in [0.2, 0.25) is 10.0 Å². The molecule has 11 nitrogen and oxygen atoms in total. The van der Waals surface area contributed by atoms with E-state index in [4.69, 9.17) is 9.47 Å². The smallest absolute Gasteiger partial charge is 0.319 e. The van der Waals surface area contributed by atoms with Crippen molar-refractivity contribution in [3.05, 3.63) is 54.1 Å². The molecule has 2 aromatic carbocycles. The summed E-state index contributed by atoms with van der Waals surface area (Å²) in [5.41, 5.74) is 0.736. The first kappa shape index (κ1) is 36.6. The summed E-state index contributed by atoms with van der Waals surface area (Å²) in [6.45, 7) is 6.08. The molecule has 12 heteroatoms. The fraction of sp³-hybridized carbons (Fsp3) is 0.600. The summed E-state index contributed by atoms with van der Waals surface area (Å²) < 4.78 is 40.6. The predicted molar refractivity (Wildman–Crippen MR) is 182 cm³/mol. The number of ether oxygens (including phenoxy) is 2. The van der Waals surface area contributed by atoms with Gasteiger partial charge in [-0.1, -0.05) is 44.4 Å². The van der Waals surface area contributed by atoms with Gasteiger partial charge in [-0.3, -0.25) is 4.79 Å². The molecule has 0 saturated heterocycles. The van der Waals surface area contributed by atoms with E-state index < -0.39 is 22.2 Å². The quantitative estimate of drug-likeness (QED) is 0.348. The number of urea groups is 1. The van der Waals surface area contributed by atoms with E-state index in [1.807, 2.05) is 13.8 Å². The summed E-state index contributed by atoms with van der Waals surface area (Å²) >= 11 is 0. The summed E-state index contributed by atoms with van der Waals surface area (Å²) in [5, 5.41) is 16.2. The minimum atomic E-state index is -3.76. The Morgan fingerprint density at radius 3 is 2.45 bits per heavy atom. The van der Waals surface area contributed by atoms with Crippen molar-refractivity contribution in [2.24, 2.45) is 5.92 Å². The zero-order chi connectivity index (χ0) is 34.0. The molecule has 2 aliphatic rings. The number of hydrogen-bond acceptors (Lipinski definition) is 7. The van der Waals surface area contributed by atoms with Gasteiger partial charge >= 0.3 is 6.03 Å². The standard InChI is InChI=1S/C35H52N4O7S/c1-25-22-39(26(2)24-40)34(41)31-21-29(37-35(42)36-28-14-7-5-8-15-28)18-19-32(31)46-27(3)13-11-12-20-45-33(25)23-38(4)47(43,44)30-16-9-6-10-17-30/h6,9-10,16-19,21,25-28,33,40H,5,7-8,11-15,20,22-24H2,1-4H3,(H2,36,37,42)/t25-,26+,27+,33+/m0/s1. The van der Waals surface area contributed by atoms with Crippen molar-refractivity contribution in [2.75, 3.05) is 38.7 Å². The van der Waals surface area contributed by atoms with E-state index in [1.165, 1.54) is 17.8 Å². The number of benzene rings is 2. The zero-order valence-electron chi connectivity index (χ0n) is 28.2. The van der Waals surface area contributed by atoms with Crippen LogP contribution in [0.3, 0.4) is 0 Å². The predicted octanol–water partition coefficient (Wildman–Crippen LogP) is 5.26. The SMILES string of the molecule is C[C@@H]1CCCCO[C@H](CN(C)S(=O)(=O)c2ccccc2)[C@@H](C)CN([C@H](C)CO)C(=O)c2cc(NC(=O)NC3CCCCC3)ccc2O1. The van der Waals surface area contributed by atoms with Crippen LogP contribution in [0.15, 0.2) is 53.4 Å². The van der Waals surface area contributed by atoms with Crippen molar-refractivity contribution in [3.63, 3.8) is 0 Å². The van der Waals surface area contributed by atoms with Crippen LogP contribution < -0.4 is 15.4 Å². The van der Waals surface area contributed by atoms with Crippen LogP contribution >= 0.6 is 0 Å². The van der Waals surface area contributed by atoms with Gasteiger partial charge in [-0.2, -0.15) is 4.31 Å². The highest BCUT2D eigenvalue weighted by Gasteiger charge is 2.32. The third-order valence-corrected chi connectivity index (χ3v) is 11.0. The lowest BCUT2D eigenvalue weighted by Gasteiger charge is -2.35. The monoisotopic (exact) mass is 672 g/mol. The van der Waals surface area contributed by atoms with E-state index >= 15 is 0 Å². The molecule has 1 fully saturated rings. The molecule has 3 N–H and O–H groups in total. The number of rotatable bonds is 8. The van der Waals surface area contributed by atoms with Crippen molar-refractivity contribution >= 4 is 27.6 Å². The highest BCUT2D eigenvalue weighted by Crippen LogP contribution is 2.29. The Balaban J connectivity index is 1.60. The number of aliphatic hydroxyl groups excluding tert-OH is 1. The Kier molecular flexibility index (Phi) is 13.5. The number of nitrogens with one attached hydrogen (secondary N) is 2. The van der Waals surface area contributed by atoms with Gasteiger partial charge in [-0.15, -0.1) is 0 Å². The van der Waals surface area contributed by atoms with Crippen LogP contribution in [0.25, 0.3) is 0 Å². The van der Waals surface area contributed by atoms with Crippen molar-refractivity contribution in [3.8, 4) is 5.75 Å². The van der Waals surface area contributed by atoms with E-state index in [9.17, 15) is 23.1 Å². The van der Waals surface area contributed by atoms with E-state index in [2.05, 4.69) is 10.6 Å². The normalized spacial score (nSPS) is 22.9. The van der Waals surface area contributed by atoms with Gasteiger partial charge in [0.1, 0.15) is 5.75 Å². The van der Waals surface area contributed by atoms with Crippen LogP contribution in [-0.4, -0.2) is 92.3 Å². The second-order valence-electron chi connectivity index (χ2n) is 13.0. The highest BCUT2D eigenvalue weighted by molar-refractivity contribution is 7.89. The molecule has 0 spiro atoms. The van der Waals surface area contributed by atoms with Crippen molar-refractivity contribution in [2.45, 2.75) is 101 Å². The van der Waals surface area contributed by atoms with Gasteiger partial charge in [0.15, 0.2) is 0 Å². The second-order valence-corrected chi connectivity index (χ2v) is 15.1. The summed E-state index contributed by atoms with van der Waals surface area (Å²) in [6, 6.07) is 12.6. The third-order valence-electron chi connectivity index (χ3n) is 9.14. The number of carbonyl (C=O) groups is 2. The molecule has 2 aromatic rings. The van der Waals surface area contributed by atoms with Crippen molar-refractivity contribution < 1.29 is 32.6 Å². The Morgan fingerprint density at radius 2 is 1.74 bits per heavy atom. The molecule has 0 unspecified atom stereocenters. The number of hydrogen-bond donors (Lipinski definition) is 3. The van der Waals surface area contributed by atoms with Gasteiger partial charge in [0, 0.05) is 44.4 Å². The molecule has 1 saturated carbocycles. The molecule has 260 valence electrons. The van der Waals surface area contributed by atoms with Crippen LogP contribution in [0.2, 0.25) is 0 Å². The number of anilines is 1. The number of nitrogens with zero attached hydrogens (tertiary/aromatic N) is 2. The van der Waals surface area contributed by atoms with E-state index in [-0.39, 0.29) is 60.2 Å². The van der Waals surface area contributed by atoms with Gasteiger partial charge in [0.05, 0.1) is 35.3 Å². The van der Waals surface area contributed by atoms with Crippen LogP contribution in [0, 0.1) is 5.92 Å².